The van der Waals surface area contributed by atoms with Crippen molar-refractivity contribution in [3.05, 3.63) is 16.3 Å². The number of rotatable bonds is 7. The highest BCUT2D eigenvalue weighted by atomic mass is 127. The van der Waals surface area contributed by atoms with Gasteiger partial charge in [-0.05, 0) is 74.2 Å². The van der Waals surface area contributed by atoms with E-state index in [2.05, 4.69) is 16.0 Å². The van der Waals surface area contributed by atoms with Gasteiger partial charge in [-0.15, -0.1) is 0 Å². The van der Waals surface area contributed by atoms with Crippen molar-refractivity contribution in [2.75, 3.05) is 17.2 Å². The molecule has 142 valence electrons. The van der Waals surface area contributed by atoms with Crippen molar-refractivity contribution in [1.29, 1.82) is 0 Å². The Labute approximate surface area is 191 Å². The molecule has 0 unspecified atom stereocenters. The van der Waals surface area contributed by atoms with E-state index in [-0.39, 0.29) is 24.8 Å². The summed E-state index contributed by atoms with van der Waals surface area (Å²) in [6.07, 6.45) is 0.255. The molecule has 8 nitrogen and oxygen atoms in total. The van der Waals surface area contributed by atoms with Gasteiger partial charge in [-0.1, -0.05) is 0 Å². The number of carboxylic acids is 1. The van der Waals surface area contributed by atoms with Crippen LogP contribution >= 0.6 is 67.8 Å². The van der Waals surface area contributed by atoms with Gasteiger partial charge in [0.2, 0.25) is 11.8 Å². The molecule has 0 aliphatic carbocycles. The van der Waals surface area contributed by atoms with Crippen LogP contribution in [0.25, 0.3) is 0 Å². The van der Waals surface area contributed by atoms with E-state index in [4.69, 9.17) is 5.11 Å². The van der Waals surface area contributed by atoms with Gasteiger partial charge in [0.05, 0.1) is 27.6 Å². The molecule has 0 bridgehead atoms. The van der Waals surface area contributed by atoms with Crippen LogP contribution in [0.15, 0.2) is 0 Å². The predicted octanol–water partition coefficient (Wildman–Crippen LogP) is 3.01. The second kappa shape index (κ2) is 10.6. The lowest BCUT2D eigenvalue weighted by Gasteiger charge is -2.19. The summed E-state index contributed by atoms with van der Waals surface area (Å²) in [6.45, 7) is 2.91. The largest absolute Gasteiger partial charge is 0.481 e. The summed E-state index contributed by atoms with van der Waals surface area (Å²) in [6, 6.07) is 0. The van der Waals surface area contributed by atoms with Crippen LogP contribution in [-0.2, 0) is 14.4 Å². The van der Waals surface area contributed by atoms with Gasteiger partial charge in [-0.25, -0.2) is 0 Å². The van der Waals surface area contributed by atoms with Crippen LogP contribution in [0.4, 0.5) is 11.4 Å². The molecule has 3 amide bonds. The molecule has 1 aromatic rings. The first-order valence-corrected chi connectivity index (χ1v) is 10.6. The van der Waals surface area contributed by atoms with Crippen molar-refractivity contribution in [2.24, 2.45) is 0 Å². The minimum Gasteiger partial charge on any atom is -0.481 e. The van der Waals surface area contributed by atoms with Crippen molar-refractivity contribution >= 4 is 103 Å². The predicted molar refractivity (Wildman–Crippen MR) is 122 cm³/mol. The van der Waals surface area contributed by atoms with Crippen LogP contribution in [0.2, 0.25) is 0 Å². The van der Waals surface area contributed by atoms with Crippen LogP contribution in [0, 0.1) is 10.7 Å². The Bertz CT molecular complexity index is 724. The van der Waals surface area contributed by atoms with Crippen molar-refractivity contribution in [1.82, 2.24) is 5.32 Å². The van der Waals surface area contributed by atoms with E-state index in [0.29, 0.717) is 34.1 Å². The van der Waals surface area contributed by atoms with E-state index < -0.39 is 11.9 Å². The first-order valence-electron chi connectivity index (χ1n) is 7.31. The van der Waals surface area contributed by atoms with Crippen molar-refractivity contribution in [3.8, 4) is 0 Å². The Balaban J connectivity index is 3.31. The van der Waals surface area contributed by atoms with Gasteiger partial charge in [0.25, 0.3) is 5.91 Å². The number of hydrogen-bond acceptors (Lipinski definition) is 4. The topological polar surface area (TPSA) is 125 Å². The summed E-state index contributed by atoms with van der Waals surface area (Å²) in [7, 11) is 0. The average molecular weight is 699 g/mol. The molecule has 0 aliphatic rings. The highest BCUT2D eigenvalue weighted by molar-refractivity contribution is 14.1. The zero-order valence-corrected chi connectivity index (χ0v) is 20.3. The van der Waals surface area contributed by atoms with Crippen LogP contribution < -0.4 is 16.0 Å². The smallest absolute Gasteiger partial charge is 0.303 e. The number of hydrogen-bond donors (Lipinski definition) is 4. The Hall–Kier alpha value is -0.710. The summed E-state index contributed by atoms with van der Waals surface area (Å²) in [5.74, 6) is -1.94. The molecule has 0 radical (unpaired) electrons. The summed E-state index contributed by atoms with van der Waals surface area (Å²) < 4.78 is 1.69. The number of carbonyl (C=O) groups excluding carboxylic acids is 3. The second-order valence-corrected chi connectivity index (χ2v) is 8.42. The molecule has 0 saturated heterocycles. The Morgan fingerprint density at radius 2 is 1.35 bits per heavy atom. The van der Waals surface area contributed by atoms with Crippen molar-refractivity contribution in [2.45, 2.75) is 26.7 Å². The molecule has 1 aromatic carbocycles. The number of nitrogens with one attached hydrogen (secondary N) is 3. The van der Waals surface area contributed by atoms with Crippen molar-refractivity contribution < 1.29 is 24.3 Å². The quantitative estimate of drug-likeness (QED) is 0.258. The molecule has 4 N–H and O–H groups in total. The first-order chi connectivity index (χ1) is 12.1. The Kier molecular flexibility index (Phi) is 9.49. The van der Waals surface area contributed by atoms with Crippen LogP contribution in [0.1, 0.15) is 37.0 Å². The number of carbonyl (C=O) groups is 4. The van der Waals surface area contributed by atoms with Gasteiger partial charge in [0.1, 0.15) is 0 Å². The molecule has 1 rings (SSSR count). The third-order valence-corrected chi connectivity index (χ3v) is 6.24. The van der Waals surface area contributed by atoms with E-state index in [1.54, 1.807) is 0 Å². The summed E-state index contributed by atoms with van der Waals surface area (Å²) in [5.41, 5.74) is 1.20. The van der Waals surface area contributed by atoms with E-state index >= 15 is 0 Å². The minimum atomic E-state index is -0.932. The zero-order chi connectivity index (χ0) is 20.0. The summed E-state index contributed by atoms with van der Waals surface area (Å²) in [5, 5.41) is 16.7. The van der Waals surface area contributed by atoms with Crippen molar-refractivity contribution in [3.63, 3.8) is 0 Å². The normalized spacial score (nSPS) is 10.2. The molecule has 0 aliphatic heterocycles. The summed E-state index contributed by atoms with van der Waals surface area (Å²) in [4.78, 5) is 46.2. The maximum Gasteiger partial charge on any atom is 0.303 e. The Morgan fingerprint density at radius 3 is 1.73 bits per heavy atom. The van der Waals surface area contributed by atoms with Gasteiger partial charge < -0.3 is 21.1 Å². The van der Waals surface area contributed by atoms with Crippen LogP contribution in [0.5, 0.6) is 0 Å². The number of benzene rings is 1. The number of carboxylic acid groups (broad SMARTS) is 1. The molecular weight excluding hydrogens is 683 g/mol. The minimum absolute atomic E-state index is 0.0462. The van der Waals surface area contributed by atoms with E-state index in [0.717, 1.165) is 0 Å². The lowest BCUT2D eigenvalue weighted by molar-refractivity contribution is -0.137. The molecule has 11 heteroatoms. The fourth-order valence-corrected chi connectivity index (χ4v) is 6.16. The number of halogens is 3. The fraction of sp³-hybridized carbons (Fsp3) is 0.333. The third-order valence-electron chi connectivity index (χ3n) is 3.00. The van der Waals surface area contributed by atoms with E-state index in [1.165, 1.54) is 13.8 Å². The first kappa shape index (κ1) is 23.3. The van der Waals surface area contributed by atoms with Crippen LogP contribution in [-0.4, -0.2) is 35.3 Å². The maximum atomic E-state index is 12.6. The lowest BCUT2D eigenvalue weighted by Crippen LogP contribution is -2.28. The van der Waals surface area contributed by atoms with E-state index in [1.807, 2.05) is 67.8 Å². The standard InChI is InChI=1S/C15H16I3N3O5/c1-6(22)20-13-10(16)9(15(26)19-5-3-4-8(24)25)11(17)14(12(13)18)21-7(2)23/h3-5H2,1-2H3,(H,19,26)(H,20,22)(H,21,23)(H,24,25). The molecule has 0 fully saturated rings. The maximum absolute atomic E-state index is 12.6. The highest BCUT2D eigenvalue weighted by Crippen LogP contribution is 2.38. The van der Waals surface area contributed by atoms with Crippen LogP contribution in [0.3, 0.4) is 0 Å². The second-order valence-electron chi connectivity index (χ2n) is 5.18. The molecule has 0 saturated carbocycles. The van der Waals surface area contributed by atoms with Gasteiger partial charge >= 0.3 is 5.97 Å². The van der Waals surface area contributed by atoms with Gasteiger partial charge in [0.15, 0.2) is 0 Å². The molecule has 0 heterocycles. The van der Waals surface area contributed by atoms with Gasteiger partial charge in [0, 0.05) is 26.8 Å². The average Bonchev–Trinajstić information content (AvgIpc) is 2.52. The monoisotopic (exact) mass is 699 g/mol. The third kappa shape index (κ3) is 6.47. The Morgan fingerprint density at radius 1 is 0.885 bits per heavy atom. The number of anilines is 2. The zero-order valence-electron chi connectivity index (χ0n) is 13.8. The molecule has 0 atom stereocenters. The number of aliphatic carboxylic acids is 1. The molecule has 0 aromatic heterocycles. The molecular formula is C15H16I3N3O5. The SMILES string of the molecule is CC(=O)Nc1c(I)c(NC(C)=O)c(I)c(C(=O)NCCCC(=O)O)c1I. The lowest BCUT2D eigenvalue weighted by atomic mass is 10.1. The van der Waals surface area contributed by atoms with E-state index in [9.17, 15) is 19.2 Å². The highest BCUT2D eigenvalue weighted by Gasteiger charge is 2.25. The number of amides is 3. The molecule has 26 heavy (non-hydrogen) atoms. The van der Waals surface area contributed by atoms with Gasteiger partial charge in [-0.3, -0.25) is 19.2 Å². The fourth-order valence-electron chi connectivity index (χ4n) is 1.96. The van der Waals surface area contributed by atoms with Gasteiger partial charge in [-0.2, -0.15) is 0 Å². The summed E-state index contributed by atoms with van der Waals surface area (Å²) >= 11 is 5.95. The molecule has 0 spiro atoms.